The quantitative estimate of drug-likeness (QED) is 0.535. The van der Waals surface area contributed by atoms with Gasteiger partial charge in [0.2, 0.25) is 11.8 Å². The Morgan fingerprint density at radius 2 is 2.21 bits per heavy atom. The number of likely N-dealkylation sites (N-methyl/N-ethyl adjacent to an activating group) is 1. The zero-order valence-corrected chi connectivity index (χ0v) is 8.43. The predicted molar refractivity (Wildman–Crippen MR) is 52.7 cm³/mol. The average molecular weight is 199 g/mol. The highest BCUT2D eigenvalue weighted by Gasteiger charge is 2.17. The Balaban J connectivity index is 2.12. The molecule has 1 aliphatic heterocycles. The maximum atomic E-state index is 11.3. The summed E-state index contributed by atoms with van der Waals surface area (Å²) in [6.45, 7) is 1.98. The lowest BCUT2D eigenvalue weighted by Crippen LogP contribution is -2.36. The standard InChI is InChI=1S/C9H17N3O2/c1-10-9(14)6-12-8(13)4-7-2-3-11-5-7/h7,11H,2-6H2,1H3,(H,10,14)(H,12,13). The molecule has 1 rings (SSSR count). The van der Waals surface area contributed by atoms with Gasteiger partial charge in [-0.3, -0.25) is 9.59 Å². The molecule has 1 saturated heterocycles. The fourth-order valence-electron chi connectivity index (χ4n) is 1.49. The summed E-state index contributed by atoms with van der Waals surface area (Å²) in [6.07, 6.45) is 1.57. The summed E-state index contributed by atoms with van der Waals surface area (Å²) in [5.41, 5.74) is 0. The van der Waals surface area contributed by atoms with Crippen LogP contribution in [0.15, 0.2) is 0 Å². The van der Waals surface area contributed by atoms with E-state index in [1.807, 2.05) is 0 Å². The van der Waals surface area contributed by atoms with Crippen molar-refractivity contribution >= 4 is 11.8 Å². The van der Waals surface area contributed by atoms with Crippen molar-refractivity contribution in [1.29, 1.82) is 0 Å². The van der Waals surface area contributed by atoms with Gasteiger partial charge in [-0.25, -0.2) is 0 Å². The lowest BCUT2D eigenvalue weighted by Gasteiger charge is -2.08. The molecule has 5 nitrogen and oxygen atoms in total. The Labute approximate surface area is 83.6 Å². The van der Waals surface area contributed by atoms with Gasteiger partial charge in [0.1, 0.15) is 0 Å². The highest BCUT2D eigenvalue weighted by Crippen LogP contribution is 2.11. The zero-order chi connectivity index (χ0) is 10.4. The second kappa shape index (κ2) is 5.59. The fraction of sp³-hybridized carbons (Fsp3) is 0.778. The van der Waals surface area contributed by atoms with E-state index in [0.717, 1.165) is 19.5 Å². The number of hydrogen-bond acceptors (Lipinski definition) is 3. The minimum atomic E-state index is -0.164. The van der Waals surface area contributed by atoms with Crippen LogP contribution in [-0.2, 0) is 9.59 Å². The molecule has 0 aromatic rings. The van der Waals surface area contributed by atoms with E-state index >= 15 is 0 Å². The van der Waals surface area contributed by atoms with Gasteiger partial charge in [0, 0.05) is 13.5 Å². The molecule has 1 heterocycles. The van der Waals surface area contributed by atoms with Gasteiger partial charge in [0.15, 0.2) is 0 Å². The molecule has 0 bridgehead atoms. The molecule has 14 heavy (non-hydrogen) atoms. The average Bonchev–Trinajstić information content (AvgIpc) is 2.66. The van der Waals surface area contributed by atoms with E-state index in [0.29, 0.717) is 12.3 Å². The molecule has 2 amide bonds. The van der Waals surface area contributed by atoms with Crippen LogP contribution in [0, 0.1) is 5.92 Å². The second-order valence-corrected chi connectivity index (χ2v) is 3.51. The van der Waals surface area contributed by atoms with Gasteiger partial charge >= 0.3 is 0 Å². The molecule has 0 saturated carbocycles. The minimum absolute atomic E-state index is 0.0395. The lowest BCUT2D eigenvalue weighted by atomic mass is 10.0. The molecular formula is C9H17N3O2. The highest BCUT2D eigenvalue weighted by atomic mass is 16.2. The van der Waals surface area contributed by atoms with Crippen LogP contribution in [0.4, 0.5) is 0 Å². The van der Waals surface area contributed by atoms with Crippen LogP contribution < -0.4 is 16.0 Å². The Kier molecular flexibility index (Phi) is 4.39. The maximum Gasteiger partial charge on any atom is 0.239 e. The third-order valence-electron chi connectivity index (χ3n) is 2.36. The van der Waals surface area contributed by atoms with Crippen molar-refractivity contribution in [1.82, 2.24) is 16.0 Å². The third-order valence-corrected chi connectivity index (χ3v) is 2.36. The second-order valence-electron chi connectivity index (χ2n) is 3.51. The number of carbonyl (C=O) groups excluding carboxylic acids is 2. The molecule has 3 N–H and O–H groups in total. The van der Waals surface area contributed by atoms with E-state index in [1.54, 1.807) is 7.05 Å². The third kappa shape index (κ3) is 3.74. The predicted octanol–water partition coefficient (Wildman–Crippen LogP) is -1.15. The first-order valence-electron chi connectivity index (χ1n) is 4.90. The molecule has 5 heteroatoms. The van der Waals surface area contributed by atoms with Crippen molar-refractivity contribution in [2.75, 3.05) is 26.7 Å². The summed E-state index contributed by atoms with van der Waals surface area (Å²) in [6, 6.07) is 0. The minimum Gasteiger partial charge on any atom is -0.358 e. The lowest BCUT2D eigenvalue weighted by molar-refractivity contribution is -0.126. The monoisotopic (exact) mass is 199 g/mol. The normalized spacial score (nSPS) is 20.5. The number of hydrogen-bond donors (Lipinski definition) is 3. The SMILES string of the molecule is CNC(=O)CNC(=O)CC1CCNC1. The van der Waals surface area contributed by atoms with Crippen LogP contribution >= 0.6 is 0 Å². The van der Waals surface area contributed by atoms with Gasteiger partial charge in [0.25, 0.3) is 0 Å². The molecule has 0 aromatic heterocycles. The Morgan fingerprint density at radius 1 is 1.43 bits per heavy atom. The van der Waals surface area contributed by atoms with Gasteiger partial charge in [-0.15, -0.1) is 0 Å². The van der Waals surface area contributed by atoms with Crippen LogP contribution in [0.25, 0.3) is 0 Å². The van der Waals surface area contributed by atoms with Crippen molar-refractivity contribution in [3.63, 3.8) is 0 Å². The Hall–Kier alpha value is -1.10. The van der Waals surface area contributed by atoms with Crippen LogP contribution in [-0.4, -0.2) is 38.5 Å². The first kappa shape index (κ1) is 11.0. The number of amides is 2. The summed E-state index contributed by atoms with van der Waals surface area (Å²) < 4.78 is 0. The van der Waals surface area contributed by atoms with Crippen molar-refractivity contribution in [3.05, 3.63) is 0 Å². The van der Waals surface area contributed by atoms with Crippen molar-refractivity contribution in [3.8, 4) is 0 Å². The molecule has 1 unspecified atom stereocenters. The molecular weight excluding hydrogens is 182 g/mol. The van der Waals surface area contributed by atoms with Crippen molar-refractivity contribution in [2.45, 2.75) is 12.8 Å². The van der Waals surface area contributed by atoms with E-state index in [4.69, 9.17) is 0 Å². The number of rotatable bonds is 4. The summed E-state index contributed by atoms with van der Waals surface area (Å²) in [5, 5.41) is 8.22. The summed E-state index contributed by atoms with van der Waals surface area (Å²) in [7, 11) is 1.55. The van der Waals surface area contributed by atoms with Gasteiger partial charge in [-0.1, -0.05) is 0 Å². The largest absolute Gasteiger partial charge is 0.358 e. The number of nitrogens with one attached hydrogen (secondary N) is 3. The smallest absolute Gasteiger partial charge is 0.239 e. The molecule has 0 spiro atoms. The molecule has 1 fully saturated rings. The van der Waals surface area contributed by atoms with Gasteiger partial charge in [0.05, 0.1) is 6.54 Å². The molecule has 0 radical (unpaired) electrons. The zero-order valence-electron chi connectivity index (χ0n) is 8.43. The van der Waals surface area contributed by atoms with E-state index in [-0.39, 0.29) is 18.4 Å². The van der Waals surface area contributed by atoms with E-state index in [9.17, 15) is 9.59 Å². The topological polar surface area (TPSA) is 70.2 Å². The fourth-order valence-corrected chi connectivity index (χ4v) is 1.49. The molecule has 0 aliphatic carbocycles. The van der Waals surface area contributed by atoms with Crippen LogP contribution in [0.5, 0.6) is 0 Å². The van der Waals surface area contributed by atoms with E-state index in [1.165, 1.54) is 0 Å². The Morgan fingerprint density at radius 3 is 2.79 bits per heavy atom. The van der Waals surface area contributed by atoms with Gasteiger partial charge in [-0.2, -0.15) is 0 Å². The van der Waals surface area contributed by atoms with Crippen molar-refractivity contribution in [2.24, 2.45) is 5.92 Å². The van der Waals surface area contributed by atoms with Gasteiger partial charge in [-0.05, 0) is 25.4 Å². The van der Waals surface area contributed by atoms with Crippen LogP contribution in [0.2, 0.25) is 0 Å². The molecule has 1 aliphatic rings. The van der Waals surface area contributed by atoms with E-state index in [2.05, 4.69) is 16.0 Å². The summed E-state index contributed by atoms with van der Waals surface area (Å²) in [5.74, 6) is 0.227. The summed E-state index contributed by atoms with van der Waals surface area (Å²) >= 11 is 0. The number of carbonyl (C=O) groups is 2. The van der Waals surface area contributed by atoms with Crippen LogP contribution in [0.1, 0.15) is 12.8 Å². The summed E-state index contributed by atoms with van der Waals surface area (Å²) in [4.78, 5) is 22.1. The highest BCUT2D eigenvalue weighted by molar-refractivity contribution is 5.84. The first-order chi connectivity index (χ1) is 6.72. The van der Waals surface area contributed by atoms with Gasteiger partial charge < -0.3 is 16.0 Å². The molecule has 0 aromatic carbocycles. The van der Waals surface area contributed by atoms with Crippen molar-refractivity contribution < 1.29 is 9.59 Å². The first-order valence-corrected chi connectivity index (χ1v) is 4.90. The Bertz CT molecular complexity index is 212. The van der Waals surface area contributed by atoms with E-state index < -0.39 is 0 Å². The maximum absolute atomic E-state index is 11.3. The van der Waals surface area contributed by atoms with Crippen LogP contribution in [0.3, 0.4) is 0 Å². The molecule has 1 atom stereocenters. The molecule has 80 valence electrons.